The highest BCUT2D eigenvalue weighted by molar-refractivity contribution is 6.14. The van der Waals surface area contributed by atoms with Gasteiger partial charge in [-0.2, -0.15) is 0 Å². The highest BCUT2D eigenvalue weighted by Gasteiger charge is 2.22. The Morgan fingerprint density at radius 2 is 0.841 bits per heavy atom. The molecule has 0 aliphatic rings. The van der Waals surface area contributed by atoms with E-state index in [0.29, 0.717) is 0 Å². The number of fused-ring (bicyclic) bond motifs is 6. The van der Waals surface area contributed by atoms with E-state index < -0.39 is 0 Å². The van der Waals surface area contributed by atoms with Crippen LogP contribution in [-0.4, -0.2) is 4.57 Å². The lowest BCUT2D eigenvalue weighted by Gasteiger charge is -2.29. The van der Waals surface area contributed by atoms with E-state index in [2.05, 4.69) is 246 Å². The van der Waals surface area contributed by atoms with E-state index in [1.54, 1.807) is 0 Å². The summed E-state index contributed by atoms with van der Waals surface area (Å²) < 4.78 is 8.83. The molecule has 0 aliphatic heterocycles. The van der Waals surface area contributed by atoms with Crippen LogP contribution in [0.5, 0.6) is 0 Å². The zero-order chi connectivity index (χ0) is 41.7. The van der Waals surface area contributed by atoms with Gasteiger partial charge in [0.25, 0.3) is 0 Å². The summed E-state index contributed by atoms with van der Waals surface area (Å²) in [6, 6.07) is 87.1. The van der Waals surface area contributed by atoms with Crippen LogP contribution >= 0.6 is 0 Å². The van der Waals surface area contributed by atoms with Crippen molar-refractivity contribution in [3.05, 3.63) is 243 Å². The van der Waals surface area contributed by atoms with Gasteiger partial charge in [-0.05, 0) is 94.0 Å². The second-order valence-electron chi connectivity index (χ2n) is 16.0. The summed E-state index contributed by atoms with van der Waals surface area (Å²) in [5.41, 5.74) is 17.8. The molecule has 0 spiro atoms. The van der Waals surface area contributed by atoms with Crippen LogP contribution in [0.25, 0.3) is 93.9 Å². The van der Waals surface area contributed by atoms with Crippen LogP contribution in [0.1, 0.15) is 0 Å². The monoisotopic (exact) mass is 804 g/mol. The van der Waals surface area contributed by atoms with Crippen LogP contribution < -0.4 is 4.90 Å². The first-order chi connectivity index (χ1) is 31.3. The molecule has 0 saturated carbocycles. The number of nitrogens with zero attached hydrogens (tertiary/aromatic N) is 2. The molecule has 0 aliphatic carbocycles. The van der Waals surface area contributed by atoms with Gasteiger partial charge in [-0.3, -0.25) is 0 Å². The van der Waals surface area contributed by atoms with E-state index in [9.17, 15) is 0 Å². The first kappa shape index (κ1) is 36.5. The Kier molecular flexibility index (Phi) is 8.83. The third-order valence-corrected chi connectivity index (χ3v) is 12.4. The third kappa shape index (κ3) is 6.21. The molecule has 0 radical (unpaired) electrons. The number of furan rings is 1. The number of anilines is 3. The molecule has 3 nitrogen and oxygen atoms in total. The van der Waals surface area contributed by atoms with E-state index >= 15 is 0 Å². The fourth-order valence-electron chi connectivity index (χ4n) is 9.62. The molecule has 296 valence electrons. The molecule has 0 atom stereocenters. The van der Waals surface area contributed by atoms with Crippen molar-refractivity contribution in [2.24, 2.45) is 0 Å². The molecule has 0 fully saturated rings. The van der Waals surface area contributed by atoms with Crippen molar-refractivity contribution < 1.29 is 4.42 Å². The van der Waals surface area contributed by atoms with Crippen molar-refractivity contribution in [1.29, 1.82) is 0 Å². The van der Waals surface area contributed by atoms with Gasteiger partial charge in [0.05, 0.1) is 22.4 Å². The van der Waals surface area contributed by atoms with Crippen LogP contribution in [0.4, 0.5) is 17.1 Å². The lowest BCUT2D eigenvalue weighted by atomic mass is 9.94. The second kappa shape index (κ2) is 15.3. The van der Waals surface area contributed by atoms with Gasteiger partial charge in [0.1, 0.15) is 11.2 Å². The summed E-state index contributed by atoms with van der Waals surface area (Å²) in [6.45, 7) is 0. The molecular weight excluding hydrogens is 765 g/mol. The van der Waals surface area contributed by atoms with E-state index in [4.69, 9.17) is 4.42 Å². The number of para-hydroxylation sites is 5. The molecule has 3 heteroatoms. The maximum absolute atomic E-state index is 6.42. The predicted molar refractivity (Wildman–Crippen MR) is 264 cm³/mol. The Balaban J connectivity index is 1.04. The Morgan fingerprint density at radius 3 is 1.60 bits per heavy atom. The summed E-state index contributed by atoms with van der Waals surface area (Å²) >= 11 is 0. The van der Waals surface area contributed by atoms with Crippen LogP contribution in [-0.2, 0) is 0 Å². The third-order valence-electron chi connectivity index (χ3n) is 12.4. The van der Waals surface area contributed by atoms with Crippen molar-refractivity contribution in [2.45, 2.75) is 0 Å². The van der Waals surface area contributed by atoms with Gasteiger partial charge < -0.3 is 13.9 Å². The zero-order valence-electron chi connectivity index (χ0n) is 34.4. The van der Waals surface area contributed by atoms with E-state index in [0.717, 1.165) is 66.9 Å². The van der Waals surface area contributed by atoms with E-state index in [1.165, 1.54) is 44.1 Å². The molecule has 0 unspecified atom stereocenters. The fraction of sp³-hybridized carbons (Fsp3) is 0. The number of rotatable bonds is 8. The molecule has 2 aromatic heterocycles. The minimum absolute atomic E-state index is 0.876. The highest BCUT2D eigenvalue weighted by atomic mass is 16.3. The van der Waals surface area contributed by atoms with Gasteiger partial charge in [-0.25, -0.2) is 0 Å². The topological polar surface area (TPSA) is 21.3 Å². The Labute approximate surface area is 366 Å². The van der Waals surface area contributed by atoms with Crippen LogP contribution in [0.15, 0.2) is 247 Å². The van der Waals surface area contributed by atoms with Gasteiger partial charge in [-0.1, -0.05) is 182 Å². The maximum atomic E-state index is 6.42. The predicted octanol–water partition coefficient (Wildman–Crippen LogP) is 16.8. The molecule has 2 heterocycles. The van der Waals surface area contributed by atoms with Gasteiger partial charge in [0.15, 0.2) is 0 Å². The smallest absolute Gasteiger partial charge is 0.136 e. The fourth-order valence-corrected chi connectivity index (χ4v) is 9.62. The van der Waals surface area contributed by atoms with E-state index in [-0.39, 0.29) is 0 Å². The van der Waals surface area contributed by atoms with Crippen LogP contribution in [0.2, 0.25) is 0 Å². The molecule has 0 amide bonds. The summed E-state index contributed by atoms with van der Waals surface area (Å²) in [5, 5.41) is 4.72. The van der Waals surface area contributed by atoms with Gasteiger partial charge >= 0.3 is 0 Å². The quantitative estimate of drug-likeness (QED) is 0.153. The Hall–Kier alpha value is -8.40. The van der Waals surface area contributed by atoms with E-state index in [1.807, 2.05) is 6.07 Å². The van der Waals surface area contributed by atoms with Gasteiger partial charge in [0.2, 0.25) is 0 Å². The van der Waals surface area contributed by atoms with Crippen LogP contribution in [0.3, 0.4) is 0 Å². The van der Waals surface area contributed by atoms with Gasteiger partial charge in [0, 0.05) is 44.0 Å². The average molecular weight is 805 g/mol. The number of aromatic nitrogens is 1. The van der Waals surface area contributed by atoms with Crippen molar-refractivity contribution >= 4 is 60.8 Å². The zero-order valence-corrected chi connectivity index (χ0v) is 34.4. The highest BCUT2D eigenvalue weighted by Crippen LogP contribution is 2.46. The Morgan fingerprint density at radius 1 is 0.317 bits per heavy atom. The van der Waals surface area contributed by atoms with Crippen molar-refractivity contribution in [3.63, 3.8) is 0 Å². The molecule has 63 heavy (non-hydrogen) atoms. The molecule has 0 N–H and O–H groups in total. The normalized spacial score (nSPS) is 11.5. The minimum atomic E-state index is 0.876. The summed E-state index contributed by atoms with van der Waals surface area (Å²) in [6.07, 6.45) is 0. The second-order valence-corrected chi connectivity index (χ2v) is 16.0. The van der Waals surface area contributed by atoms with Crippen LogP contribution in [0, 0.1) is 0 Å². The SMILES string of the molecule is c1ccc(-c2ccccc2-c2cccc(N(c3ccc(-c4ccccc4-n4c5ccccc5c5ccccc54)cc3)c3ccccc3-c3cccc4oc5ccccc5c34)c2)cc1. The molecule has 12 aromatic rings. The maximum Gasteiger partial charge on any atom is 0.136 e. The van der Waals surface area contributed by atoms with Crippen molar-refractivity contribution in [3.8, 4) is 50.2 Å². The number of hydrogen-bond donors (Lipinski definition) is 0. The summed E-state index contributed by atoms with van der Waals surface area (Å²) in [5.74, 6) is 0. The Bertz CT molecular complexity index is 3580. The number of hydrogen-bond acceptors (Lipinski definition) is 2. The summed E-state index contributed by atoms with van der Waals surface area (Å²) in [4.78, 5) is 2.41. The van der Waals surface area contributed by atoms with Crippen molar-refractivity contribution in [1.82, 2.24) is 4.57 Å². The summed E-state index contributed by atoms with van der Waals surface area (Å²) in [7, 11) is 0. The molecular formula is C60H40N2O. The lowest BCUT2D eigenvalue weighted by molar-refractivity contribution is 0.669. The largest absolute Gasteiger partial charge is 0.456 e. The lowest BCUT2D eigenvalue weighted by Crippen LogP contribution is -2.11. The average Bonchev–Trinajstić information content (AvgIpc) is 3.91. The molecule has 0 saturated heterocycles. The van der Waals surface area contributed by atoms with Crippen molar-refractivity contribution in [2.75, 3.05) is 4.90 Å². The molecule has 10 aromatic carbocycles. The first-order valence-corrected chi connectivity index (χ1v) is 21.5. The van der Waals surface area contributed by atoms with Gasteiger partial charge in [-0.15, -0.1) is 0 Å². The molecule has 12 rings (SSSR count). The minimum Gasteiger partial charge on any atom is -0.456 e. The first-order valence-electron chi connectivity index (χ1n) is 21.5. The number of benzene rings is 10. The molecule has 0 bridgehead atoms. The standard InChI is InChI=1S/C60H40N2O/c1-2-18-41(19-3-1)46-22-4-5-23-47(46)43-20-16-21-45(40-43)61(55-31-12-9-27-51(55)52-29-17-35-59-60(52)53-28-10-15-34-58(53)63-59)44-38-36-42(37-39-44)48-24-6-11-30-54(48)62-56-32-13-7-25-49(56)50-26-8-14-33-57(50)62/h1-40H.